The third-order valence-electron chi connectivity index (χ3n) is 5.04. The van der Waals surface area contributed by atoms with Crippen molar-refractivity contribution in [3.63, 3.8) is 0 Å². The fourth-order valence-electron chi connectivity index (χ4n) is 3.65. The van der Waals surface area contributed by atoms with Crippen LogP contribution in [-0.4, -0.2) is 46.2 Å². The number of hydrogen-bond acceptors (Lipinski definition) is 5. The molecule has 0 radical (unpaired) electrons. The summed E-state index contributed by atoms with van der Waals surface area (Å²) in [6, 6.07) is 13.0. The van der Waals surface area contributed by atoms with E-state index < -0.39 is 0 Å². The Balaban J connectivity index is 1.63. The molecule has 1 N–H and O–H groups in total. The molecule has 1 aromatic heterocycles. The van der Waals surface area contributed by atoms with Crippen LogP contribution in [0.5, 0.6) is 5.75 Å². The second-order valence-electron chi connectivity index (χ2n) is 6.72. The summed E-state index contributed by atoms with van der Waals surface area (Å²) < 4.78 is 0. The molecule has 2 heterocycles. The minimum Gasteiger partial charge on any atom is -0.508 e. The lowest BCUT2D eigenvalue weighted by Crippen LogP contribution is -2.48. The van der Waals surface area contributed by atoms with E-state index in [4.69, 9.17) is 23.2 Å². The number of aromatic hydroxyl groups is 1. The molecule has 0 bridgehead atoms. The number of benzene rings is 2. The topological polar surface area (TPSA) is 52.5 Å². The van der Waals surface area contributed by atoms with Gasteiger partial charge in [0.1, 0.15) is 11.6 Å². The Morgan fingerprint density at radius 1 is 0.929 bits per heavy atom. The van der Waals surface area contributed by atoms with Gasteiger partial charge in [-0.3, -0.25) is 9.88 Å². The summed E-state index contributed by atoms with van der Waals surface area (Å²) in [7, 11) is 0. The van der Waals surface area contributed by atoms with E-state index in [1.165, 1.54) is 0 Å². The zero-order chi connectivity index (χ0) is 19.5. The zero-order valence-corrected chi connectivity index (χ0v) is 16.7. The lowest BCUT2D eigenvalue weighted by molar-refractivity contribution is 0.209. The first-order valence-corrected chi connectivity index (χ1v) is 9.87. The van der Waals surface area contributed by atoms with E-state index in [1.807, 2.05) is 36.4 Å². The first kappa shape index (κ1) is 19.0. The minimum absolute atomic E-state index is 0.111. The van der Waals surface area contributed by atoms with Crippen LogP contribution >= 0.6 is 23.2 Å². The SMILES string of the molecule is Oc1ccccc1C(c1ccc(Cl)c(Cl)c1)N1CCN(c2cnccn2)CC1. The zero-order valence-electron chi connectivity index (χ0n) is 15.2. The summed E-state index contributed by atoms with van der Waals surface area (Å²) in [5, 5.41) is 11.5. The van der Waals surface area contributed by atoms with Gasteiger partial charge >= 0.3 is 0 Å². The largest absolute Gasteiger partial charge is 0.508 e. The standard InChI is InChI=1S/C21H20Cl2N4O/c22-17-6-5-15(13-18(17)23)21(16-3-1-2-4-19(16)28)27-11-9-26(10-12-27)20-14-24-7-8-25-20/h1-8,13-14,21,28H,9-12H2. The summed E-state index contributed by atoms with van der Waals surface area (Å²) in [6.45, 7) is 3.28. The van der Waals surface area contributed by atoms with Gasteiger partial charge in [-0.1, -0.05) is 47.5 Å². The highest BCUT2D eigenvalue weighted by molar-refractivity contribution is 6.42. The molecule has 0 spiro atoms. The van der Waals surface area contributed by atoms with Gasteiger partial charge in [-0.2, -0.15) is 0 Å². The van der Waals surface area contributed by atoms with E-state index in [0.717, 1.165) is 43.1 Å². The number of hydrogen-bond donors (Lipinski definition) is 1. The normalized spacial score (nSPS) is 16.1. The van der Waals surface area contributed by atoms with Crippen LogP contribution in [0.15, 0.2) is 61.1 Å². The van der Waals surface area contributed by atoms with Crippen molar-refractivity contribution in [3.8, 4) is 5.75 Å². The Labute approximate surface area is 174 Å². The van der Waals surface area contributed by atoms with Gasteiger partial charge in [0.25, 0.3) is 0 Å². The van der Waals surface area contributed by atoms with Crippen LogP contribution in [0.4, 0.5) is 5.82 Å². The van der Waals surface area contributed by atoms with Crippen LogP contribution in [0.2, 0.25) is 10.0 Å². The van der Waals surface area contributed by atoms with Crippen molar-refractivity contribution in [2.24, 2.45) is 0 Å². The molecule has 4 rings (SSSR count). The highest BCUT2D eigenvalue weighted by atomic mass is 35.5. The molecule has 1 saturated heterocycles. The van der Waals surface area contributed by atoms with E-state index in [-0.39, 0.29) is 11.8 Å². The molecular formula is C21H20Cl2N4O. The quantitative estimate of drug-likeness (QED) is 0.685. The summed E-state index contributed by atoms with van der Waals surface area (Å²) in [5.41, 5.74) is 1.86. The Morgan fingerprint density at radius 3 is 2.39 bits per heavy atom. The van der Waals surface area contributed by atoms with Crippen molar-refractivity contribution in [1.82, 2.24) is 14.9 Å². The van der Waals surface area contributed by atoms with Crippen molar-refractivity contribution in [2.45, 2.75) is 6.04 Å². The second-order valence-corrected chi connectivity index (χ2v) is 7.54. The van der Waals surface area contributed by atoms with Crippen LogP contribution in [-0.2, 0) is 0 Å². The van der Waals surface area contributed by atoms with E-state index in [1.54, 1.807) is 24.7 Å². The monoisotopic (exact) mass is 414 g/mol. The van der Waals surface area contributed by atoms with Crippen LogP contribution in [0.25, 0.3) is 0 Å². The predicted molar refractivity (Wildman–Crippen MR) is 112 cm³/mol. The average Bonchev–Trinajstić information content (AvgIpc) is 2.73. The fourth-order valence-corrected chi connectivity index (χ4v) is 3.96. The number of anilines is 1. The Bertz CT molecular complexity index is 946. The van der Waals surface area contributed by atoms with Crippen LogP contribution in [0, 0.1) is 0 Å². The molecule has 0 amide bonds. The second kappa shape index (κ2) is 8.35. The maximum atomic E-state index is 10.5. The molecule has 0 aliphatic carbocycles. The summed E-state index contributed by atoms with van der Waals surface area (Å²) >= 11 is 12.4. The molecule has 1 aliphatic heterocycles. The third-order valence-corrected chi connectivity index (χ3v) is 5.78. The molecule has 1 aliphatic rings. The van der Waals surface area contributed by atoms with Crippen molar-refractivity contribution in [2.75, 3.05) is 31.1 Å². The van der Waals surface area contributed by atoms with Gasteiger partial charge in [0.2, 0.25) is 0 Å². The van der Waals surface area contributed by atoms with E-state index in [0.29, 0.717) is 10.0 Å². The molecule has 1 atom stereocenters. The van der Waals surface area contributed by atoms with Crippen molar-refractivity contribution in [1.29, 1.82) is 0 Å². The molecule has 3 aromatic rings. The molecule has 5 nitrogen and oxygen atoms in total. The lowest BCUT2D eigenvalue weighted by Gasteiger charge is -2.40. The van der Waals surface area contributed by atoms with E-state index in [9.17, 15) is 5.11 Å². The predicted octanol–water partition coefficient (Wildman–Crippen LogP) is 4.40. The van der Waals surface area contributed by atoms with Gasteiger partial charge in [-0.15, -0.1) is 0 Å². The van der Waals surface area contributed by atoms with E-state index >= 15 is 0 Å². The van der Waals surface area contributed by atoms with Gasteiger partial charge < -0.3 is 10.0 Å². The Hall–Kier alpha value is -2.34. The van der Waals surface area contributed by atoms with Crippen LogP contribution < -0.4 is 4.90 Å². The molecule has 7 heteroatoms. The molecule has 1 unspecified atom stereocenters. The maximum absolute atomic E-state index is 10.5. The maximum Gasteiger partial charge on any atom is 0.147 e. The van der Waals surface area contributed by atoms with Crippen molar-refractivity contribution >= 4 is 29.0 Å². The lowest BCUT2D eigenvalue weighted by atomic mass is 9.95. The first-order chi connectivity index (χ1) is 13.6. The Morgan fingerprint density at radius 2 is 1.71 bits per heavy atom. The highest BCUT2D eigenvalue weighted by Crippen LogP contribution is 2.37. The summed E-state index contributed by atoms with van der Waals surface area (Å²) in [4.78, 5) is 13.1. The van der Waals surface area contributed by atoms with Gasteiger partial charge in [0.05, 0.1) is 22.3 Å². The smallest absolute Gasteiger partial charge is 0.147 e. The van der Waals surface area contributed by atoms with E-state index in [2.05, 4.69) is 19.8 Å². The molecule has 0 saturated carbocycles. The number of phenols is 1. The van der Waals surface area contributed by atoms with Gasteiger partial charge in [-0.25, -0.2) is 4.98 Å². The van der Waals surface area contributed by atoms with Crippen LogP contribution in [0.1, 0.15) is 17.2 Å². The highest BCUT2D eigenvalue weighted by Gasteiger charge is 2.29. The summed E-state index contributed by atoms with van der Waals surface area (Å²) in [6.07, 6.45) is 5.18. The molecule has 144 valence electrons. The first-order valence-electron chi connectivity index (χ1n) is 9.11. The molecule has 1 fully saturated rings. The number of piperazine rings is 1. The Kier molecular flexibility index (Phi) is 5.67. The average molecular weight is 415 g/mol. The minimum atomic E-state index is -0.111. The van der Waals surface area contributed by atoms with Crippen molar-refractivity contribution < 1.29 is 5.11 Å². The third kappa shape index (κ3) is 3.92. The van der Waals surface area contributed by atoms with Crippen LogP contribution in [0.3, 0.4) is 0 Å². The van der Waals surface area contributed by atoms with Gasteiger partial charge in [0.15, 0.2) is 0 Å². The van der Waals surface area contributed by atoms with Gasteiger partial charge in [0, 0.05) is 44.1 Å². The number of halogens is 2. The fraction of sp³-hybridized carbons (Fsp3) is 0.238. The number of rotatable bonds is 4. The molecule has 2 aromatic carbocycles. The number of nitrogens with zero attached hydrogens (tertiary/aromatic N) is 4. The molecular weight excluding hydrogens is 395 g/mol. The number of para-hydroxylation sites is 1. The molecule has 28 heavy (non-hydrogen) atoms. The number of aromatic nitrogens is 2. The summed E-state index contributed by atoms with van der Waals surface area (Å²) in [5.74, 6) is 1.16. The van der Waals surface area contributed by atoms with Crippen molar-refractivity contribution in [3.05, 3.63) is 82.2 Å². The number of phenolic OH excluding ortho intramolecular Hbond substituents is 1. The van der Waals surface area contributed by atoms with Gasteiger partial charge in [-0.05, 0) is 23.8 Å².